The second-order valence-electron chi connectivity index (χ2n) is 6.74. The molecule has 188 valence electrons. The van der Waals surface area contributed by atoms with Gasteiger partial charge in [-0.2, -0.15) is 32.1 Å². The van der Waals surface area contributed by atoms with Crippen molar-refractivity contribution < 1.29 is 35.3 Å². The van der Waals surface area contributed by atoms with Gasteiger partial charge in [-0.25, -0.2) is 9.37 Å². The summed E-state index contributed by atoms with van der Waals surface area (Å²) < 4.78 is 81.3. The van der Waals surface area contributed by atoms with Gasteiger partial charge < -0.3 is 10.6 Å². The molecule has 0 aliphatic carbocycles. The van der Waals surface area contributed by atoms with Crippen molar-refractivity contribution in [1.29, 1.82) is 5.26 Å². The van der Waals surface area contributed by atoms with Gasteiger partial charge in [0.2, 0.25) is 11.2 Å². The van der Waals surface area contributed by atoms with Crippen LogP contribution in [-0.4, -0.2) is 45.8 Å². The molecular weight excluding hydrogens is 549 g/mol. The Bertz CT molecular complexity index is 1660. The van der Waals surface area contributed by atoms with Gasteiger partial charge in [0.15, 0.2) is 0 Å². The van der Waals surface area contributed by atoms with Crippen LogP contribution in [0.3, 0.4) is 0 Å². The van der Waals surface area contributed by atoms with Crippen molar-refractivity contribution >= 4 is 60.5 Å². The highest BCUT2D eigenvalue weighted by Gasteiger charge is 2.27. The molecule has 0 saturated carbocycles. The lowest BCUT2D eigenvalue weighted by Crippen LogP contribution is -2.11. The number of anilines is 4. The Labute approximate surface area is 206 Å². The number of rotatable bonds is 7. The van der Waals surface area contributed by atoms with Crippen molar-refractivity contribution in [2.24, 2.45) is 0 Å². The monoisotopic (exact) mass is 559 g/mol. The number of hydrogen-bond acceptors (Lipinski definition) is 12. The number of benzene rings is 2. The van der Waals surface area contributed by atoms with E-state index in [1.54, 1.807) is 0 Å². The normalized spacial score (nSPS) is 11.6. The lowest BCUT2D eigenvalue weighted by Gasteiger charge is -2.16. The molecule has 0 amide bonds. The minimum atomic E-state index is -5.24. The third kappa shape index (κ3) is 5.78. The molecule has 19 heteroatoms. The van der Waals surface area contributed by atoms with E-state index < -0.39 is 69.1 Å². The number of nitro groups is 1. The SMILES string of the molecule is Cc1nc(Cl)nc(Nc2cc(Nc3cc(F)c(C#N)cc3[N+](=O)[O-])c(S(=O)(=O)O)cc2S(=O)(=O)O)n1. The van der Waals surface area contributed by atoms with Crippen LogP contribution in [0.15, 0.2) is 34.1 Å². The zero-order valence-corrected chi connectivity index (χ0v) is 19.9. The van der Waals surface area contributed by atoms with Crippen molar-refractivity contribution in [3.63, 3.8) is 0 Å². The van der Waals surface area contributed by atoms with E-state index in [1.165, 1.54) is 13.0 Å². The highest BCUT2D eigenvalue weighted by atomic mass is 35.5. The summed E-state index contributed by atoms with van der Waals surface area (Å²) in [7, 11) is -10.4. The molecule has 1 heterocycles. The van der Waals surface area contributed by atoms with E-state index in [4.69, 9.17) is 16.9 Å². The van der Waals surface area contributed by atoms with Crippen molar-refractivity contribution in [2.45, 2.75) is 16.7 Å². The number of halogens is 2. The molecule has 3 aromatic rings. The summed E-state index contributed by atoms with van der Waals surface area (Å²) in [4.78, 5) is 19.5. The first-order valence-corrected chi connectivity index (χ1v) is 12.3. The molecule has 36 heavy (non-hydrogen) atoms. The van der Waals surface area contributed by atoms with Gasteiger partial charge in [-0.1, -0.05) is 0 Å². The van der Waals surface area contributed by atoms with E-state index in [2.05, 4.69) is 25.6 Å². The fourth-order valence-corrected chi connectivity index (χ4v) is 4.44. The average Bonchev–Trinajstić information content (AvgIpc) is 2.71. The van der Waals surface area contributed by atoms with E-state index in [0.29, 0.717) is 24.3 Å². The van der Waals surface area contributed by atoms with E-state index in [-0.39, 0.29) is 17.1 Å². The zero-order chi connectivity index (χ0) is 27.0. The molecule has 1 aromatic heterocycles. The van der Waals surface area contributed by atoms with Gasteiger partial charge in [0.1, 0.15) is 33.2 Å². The van der Waals surface area contributed by atoms with E-state index in [1.807, 2.05) is 0 Å². The maximum atomic E-state index is 14.2. The maximum absolute atomic E-state index is 14.2. The first-order chi connectivity index (χ1) is 16.6. The highest BCUT2D eigenvalue weighted by molar-refractivity contribution is 7.86. The van der Waals surface area contributed by atoms with Crippen LogP contribution in [-0.2, 0) is 20.2 Å². The van der Waals surface area contributed by atoms with Crippen LogP contribution < -0.4 is 10.6 Å². The van der Waals surface area contributed by atoms with Gasteiger partial charge in [0, 0.05) is 12.1 Å². The van der Waals surface area contributed by atoms with Gasteiger partial charge in [0.05, 0.1) is 21.9 Å². The third-order valence-electron chi connectivity index (χ3n) is 4.28. The molecule has 0 unspecified atom stereocenters. The second kappa shape index (κ2) is 9.56. The minimum absolute atomic E-state index is 0.0856. The second-order valence-corrected chi connectivity index (χ2v) is 9.86. The maximum Gasteiger partial charge on any atom is 0.296 e. The molecule has 0 spiro atoms. The standard InChI is InChI=1S/C17H11ClFN7O8S2/c1-7-21-16(18)25-17(22-7)24-12-4-11(14(35(29,30)31)5-15(12)36(32,33)34)23-10-3-9(19)8(6-20)2-13(10)26(27)28/h2-5,23H,1H3,(H,29,30,31)(H,32,33,34)(H,21,22,24,25). The summed E-state index contributed by atoms with van der Waals surface area (Å²) >= 11 is 5.74. The molecule has 0 saturated heterocycles. The predicted molar refractivity (Wildman–Crippen MR) is 120 cm³/mol. The number of nitro benzene ring substituents is 1. The van der Waals surface area contributed by atoms with E-state index in [0.717, 1.165) is 0 Å². The van der Waals surface area contributed by atoms with Crippen molar-refractivity contribution in [1.82, 2.24) is 15.0 Å². The van der Waals surface area contributed by atoms with Crippen LogP contribution in [0, 0.1) is 34.2 Å². The number of nitrogens with zero attached hydrogens (tertiary/aromatic N) is 5. The smallest absolute Gasteiger partial charge is 0.296 e. The Balaban J connectivity index is 2.30. The first-order valence-electron chi connectivity index (χ1n) is 9.03. The number of aryl methyl sites for hydroxylation is 1. The molecule has 3 rings (SSSR count). The molecule has 0 fully saturated rings. The van der Waals surface area contributed by atoms with Gasteiger partial charge in [0.25, 0.3) is 25.9 Å². The third-order valence-corrected chi connectivity index (χ3v) is 6.23. The molecule has 0 aliphatic rings. The quantitative estimate of drug-likeness (QED) is 0.185. The van der Waals surface area contributed by atoms with E-state index in [9.17, 15) is 40.4 Å². The first kappa shape index (κ1) is 26.6. The molecule has 0 atom stereocenters. The van der Waals surface area contributed by atoms with Crippen molar-refractivity contribution in [3.05, 3.63) is 56.9 Å². The number of aromatic nitrogens is 3. The molecular formula is C17H11ClFN7O8S2. The summed E-state index contributed by atoms with van der Waals surface area (Å²) in [6.07, 6.45) is 0. The van der Waals surface area contributed by atoms with Gasteiger partial charge in [-0.15, -0.1) is 0 Å². The zero-order valence-electron chi connectivity index (χ0n) is 17.5. The summed E-state index contributed by atoms with van der Waals surface area (Å²) in [5, 5.41) is 24.6. The van der Waals surface area contributed by atoms with Crippen LogP contribution in [0.4, 0.5) is 33.1 Å². The molecule has 0 aliphatic heterocycles. The predicted octanol–water partition coefficient (Wildman–Crippen LogP) is 2.73. The van der Waals surface area contributed by atoms with Crippen LogP contribution in [0.5, 0.6) is 0 Å². The molecule has 0 bridgehead atoms. The number of nitrogens with one attached hydrogen (secondary N) is 2. The average molecular weight is 560 g/mol. The topological polar surface area (TPSA) is 238 Å². The van der Waals surface area contributed by atoms with Crippen LogP contribution in [0.25, 0.3) is 0 Å². The summed E-state index contributed by atoms with van der Waals surface area (Å²) in [6.45, 7) is 1.41. The Kier molecular flexibility index (Phi) is 7.06. The number of hydrogen-bond donors (Lipinski definition) is 4. The lowest BCUT2D eigenvalue weighted by atomic mass is 10.1. The van der Waals surface area contributed by atoms with Gasteiger partial charge in [-0.05, 0) is 30.7 Å². The largest absolute Gasteiger partial charge is 0.349 e. The Morgan fingerprint density at radius 1 is 1.00 bits per heavy atom. The van der Waals surface area contributed by atoms with Crippen molar-refractivity contribution in [3.8, 4) is 6.07 Å². The van der Waals surface area contributed by atoms with Crippen LogP contribution in [0.2, 0.25) is 5.28 Å². The summed E-state index contributed by atoms with van der Waals surface area (Å²) in [6, 6.07) is 3.54. The van der Waals surface area contributed by atoms with Crippen molar-refractivity contribution in [2.75, 3.05) is 10.6 Å². The summed E-state index contributed by atoms with van der Waals surface area (Å²) in [5.41, 5.74) is -3.48. The Morgan fingerprint density at radius 2 is 1.58 bits per heavy atom. The minimum Gasteiger partial charge on any atom is -0.349 e. The molecule has 2 aromatic carbocycles. The molecule has 0 radical (unpaired) electrons. The Morgan fingerprint density at radius 3 is 2.08 bits per heavy atom. The molecule has 4 N–H and O–H groups in total. The van der Waals surface area contributed by atoms with Gasteiger partial charge in [-0.3, -0.25) is 19.2 Å². The van der Waals surface area contributed by atoms with Crippen LogP contribution >= 0.6 is 11.6 Å². The molecule has 15 nitrogen and oxygen atoms in total. The lowest BCUT2D eigenvalue weighted by molar-refractivity contribution is -0.384. The van der Waals surface area contributed by atoms with Crippen LogP contribution in [0.1, 0.15) is 11.4 Å². The Hall–Kier alpha value is -4.02. The fraction of sp³-hybridized carbons (Fsp3) is 0.0588. The number of nitriles is 1. The summed E-state index contributed by atoms with van der Waals surface area (Å²) in [5.74, 6) is -1.47. The fourth-order valence-electron chi connectivity index (χ4n) is 2.85. The highest BCUT2D eigenvalue weighted by Crippen LogP contribution is 2.37. The van der Waals surface area contributed by atoms with Gasteiger partial charge >= 0.3 is 0 Å². The van der Waals surface area contributed by atoms with E-state index >= 15 is 0 Å².